The quantitative estimate of drug-likeness (QED) is 0.446. The highest BCUT2D eigenvalue weighted by molar-refractivity contribution is 8.01. The number of hydrogen-bond acceptors (Lipinski definition) is 5. The van der Waals surface area contributed by atoms with Crippen molar-refractivity contribution in [3.05, 3.63) is 35.9 Å². The first kappa shape index (κ1) is 21.7. The normalized spacial score (nSPS) is 24.8. The maximum atomic E-state index is 13.1. The molecule has 2 heterocycles. The van der Waals surface area contributed by atoms with Crippen LogP contribution in [0.5, 0.6) is 0 Å². The summed E-state index contributed by atoms with van der Waals surface area (Å²) in [5.41, 5.74) is 0.588. The van der Waals surface area contributed by atoms with E-state index in [9.17, 15) is 24.3 Å². The van der Waals surface area contributed by atoms with E-state index in [2.05, 4.69) is 16.6 Å². The summed E-state index contributed by atoms with van der Waals surface area (Å²) in [4.78, 5) is 50.9. The van der Waals surface area contributed by atoms with Crippen molar-refractivity contribution >= 4 is 35.5 Å². The Morgan fingerprint density at radius 3 is 2.57 bits per heavy atom. The fourth-order valence-corrected chi connectivity index (χ4v) is 5.60. The smallest absolute Gasteiger partial charge is 0.327 e. The number of hydrogen-bond donors (Lipinski definition) is 3. The third kappa shape index (κ3) is 4.00. The highest BCUT2D eigenvalue weighted by Crippen LogP contribution is 2.54. The van der Waals surface area contributed by atoms with E-state index >= 15 is 0 Å². The molecular formula is C21H23N3O5S. The Labute approximate surface area is 178 Å². The van der Waals surface area contributed by atoms with Gasteiger partial charge in [0.25, 0.3) is 0 Å². The lowest BCUT2D eigenvalue weighted by atomic mass is 9.86. The van der Waals surface area contributed by atoms with Crippen LogP contribution >= 0.6 is 11.8 Å². The summed E-state index contributed by atoms with van der Waals surface area (Å²) in [7, 11) is 0. The molecule has 2 saturated heterocycles. The highest BCUT2D eigenvalue weighted by atomic mass is 32.2. The van der Waals surface area contributed by atoms with Gasteiger partial charge in [-0.2, -0.15) is 0 Å². The van der Waals surface area contributed by atoms with Crippen LogP contribution in [0.1, 0.15) is 31.9 Å². The van der Waals surface area contributed by atoms with Crippen molar-refractivity contribution in [2.45, 2.75) is 42.5 Å². The minimum Gasteiger partial charge on any atom is -0.480 e. The van der Waals surface area contributed by atoms with Crippen molar-refractivity contribution in [3.8, 4) is 12.3 Å². The minimum absolute atomic E-state index is 0.0159. The van der Waals surface area contributed by atoms with Crippen molar-refractivity contribution in [2.24, 2.45) is 5.92 Å². The van der Waals surface area contributed by atoms with E-state index < -0.39 is 34.7 Å². The lowest BCUT2D eigenvalue weighted by molar-refractivity contribution is -0.164. The number of nitrogens with zero attached hydrogens (tertiary/aromatic N) is 1. The van der Waals surface area contributed by atoms with E-state index in [0.717, 1.165) is 0 Å². The molecule has 4 atom stereocenters. The largest absolute Gasteiger partial charge is 0.480 e. The average Bonchev–Trinajstić information content (AvgIpc) is 2.97. The number of fused-ring (bicyclic) bond motifs is 1. The number of carbonyl (C=O) groups is 4. The van der Waals surface area contributed by atoms with Crippen LogP contribution in [0.2, 0.25) is 0 Å². The highest BCUT2D eigenvalue weighted by Gasteiger charge is 2.63. The lowest BCUT2D eigenvalue weighted by Gasteiger charge is -2.43. The third-order valence-corrected chi connectivity index (χ3v) is 6.92. The first-order valence-electron chi connectivity index (χ1n) is 9.45. The Kier molecular flexibility index (Phi) is 6.08. The van der Waals surface area contributed by atoms with Crippen LogP contribution in [-0.2, 0) is 14.4 Å². The molecule has 8 nitrogen and oxygen atoms in total. The number of Topliss-reactive ketones (excluding diaryl/α,β-unsaturated/α-hetero) is 1. The van der Waals surface area contributed by atoms with Crippen molar-refractivity contribution in [1.82, 2.24) is 15.5 Å². The number of carboxylic acid groups (broad SMARTS) is 1. The molecule has 9 heteroatoms. The SMILES string of the molecule is C#CCNC(=O)N[C@@H](C(=O)C[C@@H]1C(=O)N2[C@@H]1SC(C)(C)[C@@H]2C(=O)O)c1ccccc1. The molecule has 3 rings (SSSR count). The predicted octanol–water partition coefficient (Wildman–Crippen LogP) is 1.38. The molecular weight excluding hydrogens is 406 g/mol. The third-order valence-electron chi connectivity index (χ3n) is 5.29. The number of aliphatic carboxylic acids is 1. The van der Waals surface area contributed by atoms with E-state index in [-0.39, 0.29) is 30.0 Å². The van der Waals surface area contributed by atoms with Gasteiger partial charge in [-0.3, -0.25) is 9.59 Å². The summed E-state index contributed by atoms with van der Waals surface area (Å²) >= 11 is 1.39. The number of rotatable bonds is 7. The van der Waals surface area contributed by atoms with Crippen LogP contribution in [0.15, 0.2) is 30.3 Å². The summed E-state index contributed by atoms with van der Waals surface area (Å²) < 4.78 is -0.657. The Hall–Kier alpha value is -2.99. The van der Waals surface area contributed by atoms with Crippen LogP contribution in [0.3, 0.4) is 0 Å². The predicted molar refractivity (Wildman–Crippen MR) is 111 cm³/mol. The van der Waals surface area contributed by atoms with Gasteiger partial charge in [0.1, 0.15) is 12.1 Å². The number of thioether (sulfide) groups is 1. The molecule has 3 N–H and O–H groups in total. The summed E-state index contributed by atoms with van der Waals surface area (Å²) in [6, 6.07) is 6.27. The van der Waals surface area contributed by atoms with Crippen molar-refractivity contribution in [3.63, 3.8) is 0 Å². The molecule has 30 heavy (non-hydrogen) atoms. The second kappa shape index (κ2) is 8.40. The topological polar surface area (TPSA) is 116 Å². The zero-order chi connectivity index (χ0) is 22.1. The van der Waals surface area contributed by atoms with Gasteiger partial charge in [0.15, 0.2) is 5.78 Å². The van der Waals surface area contributed by atoms with Crippen LogP contribution in [0, 0.1) is 18.3 Å². The Morgan fingerprint density at radius 1 is 1.30 bits per heavy atom. The number of urea groups is 1. The fourth-order valence-electron chi connectivity index (χ4n) is 3.92. The van der Waals surface area contributed by atoms with Crippen LogP contribution in [0.25, 0.3) is 0 Å². The molecule has 1 aromatic carbocycles. The van der Waals surface area contributed by atoms with Crippen molar-refractivity contribution in [1.29, 1.82) is 0 Å². The number of benzene rings is 1. The van der Waals surface area contributed by atoms with Gasteiger partial charge in [0.05, 0.1) is 17.8 Å². The van der Waals surface area contributed by atoms with Crippen LogP contribution < -0.4 is 10.6 Å². The number of nitrogens with one attached hydrogen (secondary N) is 2. The monoisotopic (exact) mass is 429 g/mol. The van der Waals surface area contributed by atoms with E-state index in [4.69, 9.17) is 6.42 Å². The van der Waals surface area contributed by atoms with Gasteiger partial charge in [-0.25, -0.2) is 9.59 Å². The van der Waals surface area contributed by atoms with Gasteiger partial charge in [-0.05, 0) is 19.4 Å². The standard InChI is InChI=1S/C21H23N3O5S/c1-4-10-22-20(29)23-15(12-8-6-5-7-9-12)14(25)11-13-17(26)24-16(19(27)28)21(2,3)30-18(13)24/h1,5-9,13,15-16,18H,10-11H2,2-3H3,(H,27,28)(H2,22,23,29)/t13-,15-,16+,18-/m1/s1. The molecule has 0 radical (unpaired) electrons. The van der Waals surface area contributed by atoms with Gasteiger partial charge in [0.2, 0.25) is 5.91 Å². The number of β-lactam (4-membered cyclic amide) rings is 1. The lowest BCUT2D eigenvalue weighted by Crippen LogP contribution is -2.63. The maximum absolute atomic E-state index is 13.1. The molecule has 0 unspecified atom stereocenters. The molecule has 0 spiro atoms. The Morgan fingerprint density at radius 2 is 1.97 bits per heavy atom. The van der Waals surface area contributed by atoms with Gasteiger partial charge in [-0.15, -0.1) is 18.2 Å². The van der Waals surface area contributed by atoms with Crippen LogP contribution in [-0.4, -0.2) is 56.4 Å². The van der Waals surface area contributed by atoms with Gasteiger partial charge in [-0.1, -0.05) is 36.3 Å². The van der Waals surface area contributed by atoms with Gasteiger partial charge in [0, 0.05) is 11.2 Å². The molecule has 0 bridgehead atoms. The molecule has 3 amide bonds. The average molecular weight is 429 g/mol. The zero-order valence-electron chi connectivity index (χ0n) is 16.6. The number of terminal acetylenes is 1. The summed E-state index contributed by atoms with van der Waals surface area (Å²) in [5, 5.41) is 14.2. The van der Waals surface area contributed by atoms with Gasteiger partial charge < -0.3 is 20.6 Å². The molecule has 158 valence electrons. The van der Waals surface area contributed by atoms with Crippen LogP contribution in [0.4, 0.5) is 4.79 Å². The number of carbonyl (C=O) groups excluding carboxylic acids is 3. The number of amides is 3. The first-order chi connectivity index (χ1) is 14.2. The van der Waals surface area contributed by atoms with E-state index in [0.29, 0.717) is 5.56 Å². The second-order valence-electron chi connectivity index (χ2n) is 7.75. The second-order valence-corrected chi connectivity index (χ2v) is 9.52. The molecule has 2 fully saturated rings. The van der Waals surface area contributed by atoms with E-state index in [1.807, 2.05) is 0 Å². The molecule has 0 saturated carbocycles. The summed E-state index contributed by atoms with van der Waals surface area (Å²) in [6.07, 6.45) is 5.05. The summed E-state index contributed by atoms with van der Waals surface area (Å²) in [5.74, 6) is -0.0574. The minimum atomic E-state index is -1.05. The first-order valence-corrected chi connectivity index (χ1v) is 10.3. The Bertz CT molecular complexity index is 911. The maximum Gasteiger partial charge on any atom is 0.327 e. The fraction of sp³-hybridized carbons (Fsp3) is 0.429. The number of ketones is 1. The zero-order valence-corrected chi connectivity index (χ0v) is 17.4. The van der Waals surface area contributed by atoms with E-state index in [1.54, 1.807) is 44.2 Å². The Balaban J connectivity index is 1.75. The van der Waals surface area contributed by atoms with Crippen molar-refractivity contribution < 1.29 is 24.3 Å². The summed E-state index contributed by atoms with van der Waals surface area (Å²) in [6.45, 7) is 3.58. The molecule has 0 aliphatic carbocycles. The van der Waals surface area contributed by atoms with E-state index in [1.165, 1.54) is 16.7 Å². The van der Waals surface area contributed by atoms with Gasteiger partial charge >= 0.3 is 12.0 Å². The molecule has 2 aliphatic heterocycles. The number of carboxylic acids is 1. The van der Waals surface area contributed by atoms with Crippen molar-refractivity contribution in [2.75, 3.05) is 6.54 Å². The molecule has 2 aliphatic rings. The molecule has 1 aromatic rings. The molecule has 0 aromatic heterocycles.